The summed E-state index contributed by atoms with van der Waals surface area (Å²) in [6.45, 7) is 3.11. The smallest absolute Gasteiger partial charge is 0.207 e. The molecular formula is C22H23N7S. The van der Waals surface area contributed by atoms with Crippen LogP contribution in [0.1, 0.15) is 30.0 Å². The number of benzene rings is 1. The molecule has 5 rings (SSSR count). The Morgan fingerprint density at radius 3 is 2.73 bits per heavy atom. The van der Waals surface area contributed by atoms with Crippen molar-refractivity contribution < 1.29 is 0 Å². The molecule has 0 unspecified atom stereocenters. The predicted octanol–water partition coefficient (Wildman–Crippen LogP) is 4.73. The summed E-state index contributed by atoms with van der Waals surface area (Å²) in [7, 11) is 1.93. The van der Waals surface area contributed by atoms with Crippen molar-refractivity contribution >= 4 is 28.3 Å². The van der Waals surface area contributed by atoms with Crippen molar-refractivity contribution in [2.45, 2.75) is 25.8 Å². The number of anilines is 3. The number of aromatic nitrogens is 5. The summed E-state index contributed by atoms with van der Waals surface area (Å²) in [5.41, 5.74) is 4.76. The average molecular weight is 418 g/mol. The fourth-order valence-corrected chi connectivity index (χ4v) is 4.42. The van der Waals surface area contributed by atoms with Crippen LogP contribution in [0.2, 0.25) is 0 Å². The molecule has 0 bridgehead atoms. The fourth-order valence-electron chi connectivity index (χ4n) is 3.98. The van der Waals surface area contributed by atoms with Crippen molar-refractivity contribution in [2.75, 3.05) is 16.8 Å². The molecule has 1 aliphatic rings. The first-order chi connectivity index (χ1) is 14.7. The summed E-state index contributed by atoms with van der Waals surface area (Å²) < 4.78 is 5.90. The van der Waals surface area contributed by atoms with Crippen LogP contribution < -0.4 is 10.2 Å². The van der Waals surface area contributed by atoms with Gasteiger partial charge in [0, 0.05) is 36.9 Å². The van der Waals surface area contributed by atoms with Crippen molar-refractivity contribution in [3.05, 3.63) is 66.2 Å². The van der Waals surface area contributed by atoms with Gasteiger partial charge in [0.1, 0.15) is 18.0 Å². The van der Waals surface area contributed by atoms with E-state index < -0.39 is 0 Å². The molecule has 4 aromatic rings. The first-order valence-electron chi connectivity index (χ1n) is 10.0. The van der Waals surface area contributed by atoms with Crippen LogP contribution in [-0.4, -0.2) is 30.7 Å². The monoisotopic (exact) mass is 417 g/mol. The van der Waals surface area contributed by atoms with E-state index >= 15 is 0 Å². The van der Waals surface area contributed by atoms with E-state index in [4.69, 9.17) is 4.98 Å². The van der Waals surface area contributed by atoms with E-state index in [-0.39, 0.29) is 0 Å². The zero-order chi connectivity index (χ0) is 20.5. The maximum absolute atomic E-state index is 4.94. The Labute approximate surface area is 179 Å². The maximum Gasteiger partial charge on any atom is 0.207 e. The minimum atomic E-state index is 0.330. The number of aryl methyl sites for hydroxylation is 2. The first kappa shape index (κ1) is 18.7. The van der Waals surface area contributed by atoms with E-state index in [1.807, 2.05) is 30.2 Å². The highest BCUT2D eigenvalue weighted by molar-refractivity contribution is 7.09. The Bertz CT molecular complexity index is 1130. The summed E-state index contributed by atoms with van der Waals surface area (Å²) in [4.78, 5) is 11.6. The lowest BCUT2D eigenvalue weighted by Crippen LogP contribution is -2.23. The van der Waals surface area contributed by atoms with Crippen LogP contribution in [0.5, 0.6) is 0 Å². The molecule has 30 heavy (non-hydrogen) atoms. The van der Waals surface area contributed by atoms with Gasteiger partial charge in [-0.2, -0.15) is 9.47 Å². The molecule has 1 atom stereocenters. The summed E-state index contributed by atoms with van der Waals surface area (Å²) in [6, 6.07) is 13.4. The van der Waals surface area contributed by atoms with Crippen LogP contribution >= 0.6 is 11.5 Å². The molecule has 0 amide bonds. The van der Waals surface area contributed by atoms with E-state index in [1.54, 1.807) is 6.33 Å². The Balaban J connectivity index is 1.54. The van der Waals surface area contributed by atoms with Crippen LogP contribution in [0, 0.1) is 6.92 Å². The summed E-state index contributed by atoms with van der Waals surface area (Å²) in [5, 5.41) is 8.37. The minimum absolute atomic E-state index is 0.330. The Kier molecular flexibility index (Phi) is 4.92. The average Bonchev–Trinajstić information content (AvgIpc) is 3.50. The second kappa shape index (κ2) is 7.87. The van der Waals surface area contributed by atoms with E-state index in [2.05, 4.69) is 61.9 Å². The summed E-state index contributed by atoms with van der Waals surface area (Å²) >= 11 is 1.32. The molecule has 1 aliphatic heterocycles. The van der Waals surface area contributed by atoms with Crippen LogP contribution in [0.3, 0.4) is 0 Å². The topological polar surface area (TPSA) is 71.8 Å². The molecule has 1 saturated heterocycles. The van der Waals surface area contributed by atoms with Crippen molar-refractivity contribution in [3.8, 4) is 11.1 Å². The molecule has 7 nitrogen and oxygen atoms in total. The molecule has 4 heterocycles. The van der Waals surface area contributed by atoms with Crippen LogP contribution in [0.4, 0.5) is 16.8 Å². The predicted molar refractivity (Wildman–Crippen MR) is 120 cm³/mol. The molecule has 0 radical (unpaired) electrons. The normalized spacial score (nSPS) is 16.2. The molecule has 0 aliphatic carbocycles. The Morgan fingerprint density at radius 1 is 1.13 bits per heavy atom. The number of rotatable bonds is 5. The Hall–Kier alpha value is -3.26. The van der Waals surface area contributed by atoms with Gasteiger partial charge in [0.05, 0.1) is 12.2 Å². The van der Waals surface area contributed by atoms with Crippen molar-refractivity contribution in [2.24, 2.45) is 7.05 Å². The summed E-state index contributed by atoms with van der Waals surface area (Å²) in [6.07, 6.45) is 7.73. The van der Waals surface area contributed by atoms with Gasteiger partial charge < -0.3 is 10.2 Å². The third kappa shape index (κ3) is 3.78. The molecule has 1 fully saturated rings. The van der Waals surface area contributed by atoms with Gasteiger partial charge in [-0.3, -0.25) is 4.68 Å². The third-order valence-corrected chi connectivity index (χ3v) is 6.04. The summed E-state index contributed by atoms with van der Waals surface area (Å²) in [5.74, 6) is 1.73. The first-order valence-corrected chi connectivity index (χ1v) is 10.8. The fraction of sp³-hybridized carbons (Fsp3) is 0.273. The van der Waals surface area contributed by atoms with Crippen LogP contribution in [0.25, 0.3) is 11.1 Å². The molecule has 152 valence electrons. The maximum atomic E-state index is 4.94. The molecular weight excluding hydrogens is 394 g/mol. The third-order valence-electron chi connectivity index (χ3n) is 5.46. The largest absolute Gasteiger partial charge is 0.349 e. The lowest BCUT2D eigenvalue weighted by molar-refractivity contribution is 0.712. The number of nitrogens with one attached hydrogen (secondary N) is 1. The van der Waals surface area contributed by atoms with Crippen LogP contribution in [-0.2, 0) is 7.05 Å². The van der Waals surface area contributed by atoms with Gasteiger partial charge >= 0.3 is 0 Å². The van der Waals surface area contributed by atoms with Crippen molar-refractivity contribution in [3.63, 3.8) is 0 Å². The highest BCUT2D eigenvalue weighted by atomic mass is 32.1. The highest BCUT2D eigenvalue weighted by Gasteiger charge is 2.28. The lowest BCUT2D eigenvalue weighted by Gasteiger charge is -2.27. The lowest BCUT2D eigenvalue weighted by atomic mass is 10.0. The second-order valence-electron chi connectivity index (χ2n) is 7.64. The SMILES string of the molecule is Cc1ccc([C@@H]2CCCN2c2cc(-c3cnn(C)c3)cc(Nc3ncns3)n2)cc1. The quantitative estimate of drug-likeness (QED) is 0.506. The van der Waals surface area contributed by atoms with Crippen LogP contribution in [0.15, 0.2) is 55.1 Å². The van der Waals surface area contributed by atoms with Gasteiger partial charge in [-0.05, 0) is 43.0 Å². The van der Waals surface area contributed by atoms with Crippen molar-refractivity contribution in [1.82, 2.24) is 24.1 Å². The second-order valence-corrected chi connectivity index (χ2v) is 8.42. The molecule has 0 spiro atoms. The van der Waals surface area contributed by atoms with Crippen molar-refractivity contribution in [1.29, 1.82) is 0 Å². The van der Waals surface area contributed by atoms with Gasteiger partial charge in [-0.15, -0.1) is 0 Å². The van der Waals surface area contributed by atoms with E-state index in [0.29, 0.717) is 6.04 Å². The van der Waals surface area contributed by atoms with Gasteiger partial charge in [-0.1, -0.05) is 29.8 Å². The molecule has 0 saturated carbocycles. The Morgan fingerprint density at radius 2 is 2.00 bits per heavy atom. The minimum Gasteiger partial charge on any atom is -0.349 e. The number of hydrogen-bond acceptors (Lipinski definition) is 7. The molecule has 3 aromatic heterocycles. The standard InChI is InChI=1S/C22H23N7S/c1-15-5-7-16(8-6-15)19-4-3-9-29(19)21-11-17(18-12-24-28(2)13-18)10-20(26-21)27-22-23-14-25-30-22/h5-8,10-14,19H,3-4,9H2,1-2H3,(H,23,25,26,27)/t19-/m0/s1. The highest BCUT2D eigenvalue weighted by Crippen LogP contribution is 2.38. The molecule has 8 heteroatoms. The van der Waals surface area contributed by atoms with Gasteiger partial charge in [-0.25, -0.2) is 9.97 Å². The zero-order valence-electron chi connectivity index (χ0n) is 17.0. The molecule has 1 aromatic carbocycles. The van der Waals surface area contributed by atoms with E-state index in [0.717, 1.165) is 47.3 Å². The number of nitrogens with zero attached hydrogens (tertiary/aromatic N) is 6. The van der Waals surface area contributed by atoms with E-state index in [1.165, 1.54) is 22.7 Å². The zero-order valence-corrected chi connectivity index (χ0v) is 17.8. The van der Waals surface area contributed by atoms with Gasteiger partial charge in [0.25, 0.3) is 0 Å². The number of pyridine rings is 1. The van der Waals surface area contributed by atoms with E-state index in [9.17, 15) is 0 Å². The van der Waals surface area contributed by atoms with Gasteiger partial charge in [0.15, 0.2) is 0 Å². The molecule has 1 N–H and O–H groups in total. The van der Waals surface area contributed by atoms with Gasteiger partial charge in [0.2, 0.25) is 5.13 Å². The number of hydrogen-bond donors (Lipinski definition) is 1.